The topological polar surface area (TPSA) is 726 Å². The minimum absolute atomic E-state index is 0.821. The van der Waals surface area contributed by atoms with E-state index in [0.29, 0.717) is 0 Å². The maximum Gasteiger partial charge on any atom is 0.303 e. The van der Waals surface area contributed by atoms with Crippen molar-refractivity contribution in [1.29, 1.82) is 0 Å². The molecule has 30 saturated heterocycles. The largest absolute Gasteiger partial charge is 0.481 e. The van der Waals surface area contributed by atoms with E-state index in [4.69, 9.17) is 75.8 Å². The van der Waals surface area contributed by atoms with Gasteiger partial charge in [0.2, 0.25) is 11.8 Å². The lowest BCUT2D eigenvalue weighted by molar-refractivity contribution is -0.400. The van der Waals surface area contributed by atoms with Crippen LogP contribution in [0.2, 0.25) is 0 Å². The fourth-order valence-electron chi connectivity index (χ4n) is 13.2. The lowest BCUT2D eigenvalue weighted by Gasteiger charge is -2.51. The van der Waals surface area contributed by atoms with Crippen LogP contribution in [-0.4, -0.2) is 445 Å². The molecule has 30 aliphatic rings. The Bertz CT molecular complexity index is 2640. The minimum atomic E-state index is -2.39. The number of hydrogen-bond acceptors (Lipinski definition) is 42. The van der Waals surface area contributed by atoms with Gasteiger partial charge in [0.25, 0.3) is 0 Å². The number of ether oxygens (including phenoxy) is 16. The van der Waals surface area contributed by atoms with Crippen LogP contribution in [0.1, 0.15) is 25.7 Å². The highest BCUT2D eigenvalue weighted by Gasteiger charge is 2.61. The summed E-state index contributed by atoms with van der Waals surface area (Å²) in [7, 11) is 0. The average Bonchev–Trinajstić information content (AvgIpc) is 0.772. The first-order valence-electron chi connectivity index (χ1n) is 32.4. The molecular formula is C56H90N2O44. The van der Waals surface area contributed by atoms with Gasteiger partial charge in [0.1, 0.15) is 183 Å². The summed E-state index contributed by atoms with van der Waals surface area (Å²) < 4.78 is 92.9. The van der Waals surface area contributed by atoms with Crippen molar-refractivity contribution in [2.24, 2.45) is 0 Å². The summed E-state index contributed by atoms with van der Waals surface area (Å²) in [5, 5.41) is 271. The van der Waals surface area contributed by atoms with E-state index in [1.807, 2.05) is 0 Å². The van der Waals surface area contributed by atoms with Gasteiger partial charge in [-0.15, -0.1) is 0 Å². The number of carbonyl (C=O) groups excluding carboxylic acids is 2. The second kappa shape index (κ2) is 36.0. The van der Waals surface area contributed by atoms with Crippen molar-refractivity contribution < 1.29 is 218 Å². The zero-order chi connectivity index (χ0) is 74.6. The molecule has 0 aliphatic carbocycles. The van der Waals surface area contributed by atoms with Gasteiger partial charge < -0.3 is 209 Å². The number of rotatable bonds is 16. The zero-order valence-electron chi connectivity index (χ0n) is 53.5. The summed E-state index contributed by atoms with van der Waals surface area (Å²) in [6, 6.07) is -4.08. The molecular weight excluding hydrogens is 1400 g/mol. The van der Waals surface area contributed by atoms with E-state index in [9.17, 15) is 142 Å². The predicted octanol–water partition coefficient (Wildman–Crippen LogP) is -17.4. The van der Waals surface area contributed by atoms with Crippen LogP contribution in [0.25, 0.3) is 0 Å². The quantitative estimate of drug-likeness (QED) is 0.0682. The molecule has 102 heavy (non-hydrogen) atoms. The van der Waals surface area contributed by atoms with E-state index in [1.165, 1.54) is 0 Å². The van der Waals surface area contributed by atoms with Crippen molar-refractivity contribution in [3.05, 3.63) is 0 Å². The Morgan fingerprint density at radius 2 is 0.373 bits per heavy atom. The third-order valence-corrected chi connectivity index (χ3v) is 18.8. The zero-order valence-corrected chi connectivity index (χ0v) is 53.5. The standard InChI is InChI=1S/C56H90N2O44/c59-5-13-41-26(58-22(68)2-4-24(71)72)28(74)50(88-13)97-43-15(7-61)90-52(36(82)30(43)76)99-45-17(9-63)92-54(38(84)32(45)78)101-47-19(11-65)94-56(40(86)34(47)80)102-48-20(12-66)93-55(39(85)33(48)79)100-46-18(10-64)91-53(37(83)31(46)77)98-44-16(8-62)89-51(35(81)29(44)75)96-42-14(6-60)87-49(95-41)27(73)25(42)57-21(67)1-3-23(69)70/h13-20,25-56,59-66,73-86H,1-12H2,(H,57,67)(H,58,68)(H,69,70)(H,71,72)/t13-,14-,15-,16-,17-,18-,19-,20-,25+,26+,27+,28+,29-,30-,31-,32-,33-,34-,35-,36-,37-,38-,39-,40-,41-,42-,43-,44-,45-,46-,47-,48-,49-,50-,51-,52-,53-,54-,55-,56-/m0/s1. The maximum absolute atomic E-state index is 13.5. The monoisotopic (exact) mass is 1490 g/mol. The molecule has 30 heterocycles. The highest BCUT2D eigenvalue weighted by atomic mass is 16.8. The Morgan fingerprint density at radius 3 is 0.539 bits per heavy atom. The number of aliphatic hydroxyl groups is 22. The molecule has 0 saturated carbocycles. The van der Waals surface area contributed by atoms with E-state index in [1.54, 1.807) is 0 Å². The van der Waals surface area contributed by atoms with E-state index in [-0.39, 0.29) is 0 Å². The normalized spacial score (nSPS) is 49.2. The van der Waals surface area contributed by atoms with Gasteiger partial charge >= 0.3 is 11.9 Å². The molecule has 0 spiro atoms. The van der Waals surface area contributed by atoms with Gasteiger partial charge in [-0.05, 0) is 0 Å². The summed E-state index contributed by atoms with van der Waals surface area (Å²) in [6.45, 7) is -9.31. The summed E-state index contributed by atoms with van der Waals surface area (Å²) in [5.41, 5.74) is 0. The van der Waals surface area contributed by atoms with E-state index >= 15 is 0 Å². The summed E-state index contributed by atoms with van der Waals surface area (Å²) in [5.74, 6) is -5.30. The predicted molar refractivity (Wildman–Crippen MR) is 307 cm³/mol. The van der Waals surface area contributed by atoms with Crippen LogP contribution in [0.15, 0.2) is 0 Å². The lowest BCUT2D eigenvalue weighted by Crippen LogP contribution is -2.71. The van der Waals surface area contributed by atoms with Crippen LogP contribution < -0.4 is 10.6 Å². The molecule has 40 atom stereocenters. The van der Waals surface area contributed by atoms with Gasteiger partial charge in [0, 0.05) is 12.8 Å². The van der Waals surface area contributed by atoms with Gasteiger partial charge in [-0.2, -0.15) is 0 Å². The van der Waals surface area contributed by atoms with Crippen molar-refractivity contribution >= 4 is 23.8 Å². The number of carboxylic acid groups (broad SMARTS) is 2. The molecule has 0 aromatic rings. The fraction of sp³-hybridized carbons (Fsp3) is 0.929. The van der Waals surface area contributed by atoms with Crippen molar-refractivity contribution in [3.63, 3.8) is 0 Å². The molecule has 30 rings (SSSR count). The fourth-order valence-corrected chi connectivity index (χ4v) is 13.2. The van der Waals surface area contributed by atoms with Gasteiger partial charge in [-0.1, -0.05) is 0 Å². The second-order valence-electron chi connectivity index (χ2n) is 25.5. The molecule has 46 heteroatoms. The molecule has 0 aromatic heterocycles. The maximum atomic E-state index is 13.5. The number of nitrogens with one attached hydrogen (secondary N) is 2. The lowest BCUT2D eigenvalue weighted by atomic mass is 9.92. The number of aliphatic hydroxyl groups excluding tert-OH is 22. The minimum Gasteiger partial charge on any atom is -0.481 e. The number of carboxylic acids is 2. The molecule has 588 valence electrons. The average molecular weight is 1500 g/mol. The van der Waals surface area contributed by atoms with E-state index in [2.05, 4.69) is 10.6 Å². The summed E-state index contributed by atoms with van der Waals surface area (Å²) >= 11 is 0. The first-order valence-corrected chi connectivity index (χ1v) is 32.4. The summed E-state index contributed by atoms with van der Waals surface area (Å²) in [4.78, 5) is 50.2. The molecule has 2 amide bonds. The molecule has 46 nitrogen and oxygen atoms in total. The van der Waals surface area contributed by atoms with Crippen LogP contribution in [0.3, 0.4) is 0 Å². The third kappa shape index (κ3) is 17.7. The smallest absolute Gasteiger partial charge is 0.303 e. The molecule has 16 bridgehead atoms. The number of aliphatic carboxylic acids is 2. The van der Waals surface area contributed by atoms with Gasteiger partial charge in [0.15, 0.2) is 50.3 Å². The second-order valence-corrected chi connectivity index (χ2v) is 25.5. The molecule has 0 unspecified atom stereocenters. The van der Waals surface area contributed by atoms with Crippen molar-refractivity contribution in [3.8, 4) is 0 Å². The van der Waals surface area contributed by atoms with Crippen LogP contribution >= 0.6 is 0 Å². The number of amides is 2. The molecule has 30 fully saturated rings. The third-order valence-electron chi connectivity index (χ3n) is 18.8. The van der Waals surface area contributed by atoms with Gasteiger partial charge in [-0.3, -0.25) is 19.2 Å². The first-order chi connectivity index (χ1) is 48.5. The molecule has 30 aliphatic heterocycles. The number of carbonyl (C=O) groups is 4. The van der Waals surface area contributed by atoms with Crippen LogP contribution in [0.4, 0.5) is 0 Å². The highest BCUT2D eigenvalue weighted by Crippen LogP contribution is 2.40. The molecule has 26 N–H and O–H groups in total. The van der Waals surface area contributed by atoms with E-state index in [0.717, 1.165) is 0 Å². The van der Waals surface area contributed by atoms with Gasteiger partial charge in [0.05, 0.1) is 77.8 Å². The molecule has 0 aromatic carbocycles. The van der Waals surface area contributed by atoms with Gasteiger partial charge in [-0.25, -0.2) is 0 Å². The highest BCUT2D eigenvalue weighted by molar-refractivity contribution is 5.81. The van der Waals surface area contributed by atoms with Crippen molar-refractivity contribution in [1.82, 2.24) is 10.6 Å². The summed E-state index contributed by atoms with van der Waals surface area (Å²) in [6.07, 6.45) is -84.5. The van der Waals surface area contributed by atoms with E-state index < -0.39 is 348 Å². The first kappa shape index (κ1) is 82.4. The SMILES string of the molecule is O=C(O)CCC(=O)N[C@@H]1[C@@H](O)[C@@H]2O[C@@H]3[C@H](NC(=O)CCC(=O)O)[C@@H](O)[C@H](O[C@@H]4[C@@H](O)[C@H](O)[C@H](O[C@@H]5[C@@H](O)[C@H](O)[C@H](O[C@@H]6[C@@H](O)[C@H](O)[C@H](O[C@@H]7[C@@H](O)[C@H](O)[C@H](O[C@@H]8[C@@H](O)[C@H](O)[C@H](O[C@@H]9[C@@H](O)[C@H](O)[C@H](O[C@H]1[C@H](CO)O2)O[C@H]9CO)O[C@H]8CO)O[C@H]7CO)O[C@H]6CO)O[C@H]5CO)O[C@H]4CO)O[C@H]3CO. The van der Waals surface area contributed by atoms with Crippen molar-refractivity contribution in [2.75, 3.05) is 52.9 Å². The Kier molecular flexibility index (Phi) is 29.1. The Labute approximate surface area is 574 Å². The van der Waals surface area contributed by atoms with Crippen LogP contribution in [-0.2, 0) is 95.0 Å². The Balaban J connectivity index is 1.04. The van der Waals surface area contributed by atoms with Crippen LogP contribution in [0, 0.1) is 0 Å². The van der Waals surface area contributed by atoms with Crippen molar-refractivity contribution in [2.45, 2.75) is 271 Å². The molecule has 0 radical (unpaired) electrons. The Morgan fingerprint density at radius 1 is 0.216 bits per heavy atom. The van der Waals surface area contributed by atoms with Crippen LogP contribution in [0.5, 0.6) is 0 Å². The number of hydrogen-bond donors (Lipinski definition) is 26. The Hall–Kier alpha value is -3.64.